The van der Waals surface area contributed by atoms with Gasteiger partial charge >= 0.3 is 0 Å². The Hall–Kier alpha value is -1.63. The largest absolute Gasteiger partial charge is 0.380 e. The summed E-state index contributed by atoms with van der Waals surface area (Å²) in [5.41, 5.74) is 1.17. The SMILES string of the molecule is COCc1cccc(NS(=O)(=O)Cc2c(F)cccc2Cl)c1. The zero-order chi connectivity index (χ0) is 16.2. The molecule has 4 nitrogen and oxygen atoms in total. The van der Waals surface area contributed by atoms with Crippen LogP contribution in [0, 0.1) is 5.82 Å². The average Bonchev–Trinajstić information content (AvgIpc) is 2.43. The van der Waals surface area contributed by atoms with E-state index in [1.807, 2.05) is 6.07 Å². The fourth-order valence-corrected chi connectivity index (χ4v) is 3.51. The minimum atomic E-state index is -3.78. The maximum atomic E-state index is 13.7. The van der Waals surface area contributed by atoms with E-state index in [2.05, 4.69) is 4.72 Å². The van der Waals surface area contributed by atoms with Gasteiger partial charge in [0.2, 0.25) is 10.0 Å². The number of hydrogen-bond acceptors (Lipinski definition) is 3. The zero-order valence-corrected chi connectivity index (χ0v) is 13.4. The Morgan fingerprint density at radius 2 is 1.95 bits per heavy atom. The highest BCUT2D eigenvalue weighted by molar-refractivity contribution is 7.91. The summed E-state index contributed by atoms with van der Waals surface area (Å²) >= 11 is 5.86. The quantitative estimate of drug-likeness (QED) is 0.872. The van der Waals surface area contributed by atoms with E-state index in [-0.39, 0.29) is 10.6 Å². The van der Waals surface area contributed by atoms with Crippen molar-refractivity contribution in [3.63, 3.8) is 0 Å². The summed E-state index contributed by atoms with van der Waals surface area (Å²) in [6.07, 6.45) is 0. The van der Waals surface area contributed by atoms with Gasteiger partial charge in [-0.05, 0) is 29.8 Å². The molecule has 0 heterocycles. The molecular formula is C15H15ClFNO3S. The van der Waals surface area contributed by atoms with E-state index in [4.69, 9.17) is 16.3 Å². The molecule has 7 heteroatoms. The van der Waals surface area contributed by atoms with E-state index in [1.165, 1.54) is 18.2 Å². The fourth-order valence-electron chi connectivity index (χ4n) is 1.97. The molecule has 0 spiro atoms. The second kappa shape index (κ2) is 7.09. The van der Waals surface area contributed by atoms with Crippen molar-refractivity contribution in [2.45, 2.75) is 12.4 Å². The van der Waals surface area contributed by atoms with Crippen LogP contribution in [0.5, 0.6) is 0 Å². The van der Waals surface area contributed by atoms with E-state index in [1.54, 1.807) is 25.3 Å². The second-order valence-electron chi connectivity index (χ2n) is 4.69. The van der Waals surface area contributed by atoms with E-state index in [9.17, 15) is 12.8 Å². The third-order valence-electron chi connectivity index (χ3n) is 2.91. The lowest BCUT2D eigenvalue weighted by molar-refractivity contribution is 0.185. The standard InChI is InChI=1S/C15H15ClFNO3S/c1-21-9-11-4-2-5-12(8-11)18-22(19,20)10-13-14(16)6-3-7-15(13)17/h2-8,18H,9-10H2,1H3. The molecule has 2 rings (SSSR count). The Balaban J connectivity index is 2.19. The third kappa shape index (κ3) is 4.43. The smallest absolute Gasteiger partial charge is 0.237 e. The molecule has 0 fully saturated rings. The van der Waals surface area contributed by atoms with E-state index >= 15 is 0 Å². The molecule has 0 aliphatic carbocycles. The van der Waals surface area contributed by atoms with Crippen molar-refractivity contribution in [3.05, 3.63) is 64.4 Å². The highest BCUT2D eigenvalue weighted by Crippen LogP contribution is 2.22. The van der Waals surface area contributed by atoms with Crippen molar-refractivity contribution in [1.82, 2.24) is 0 Å². The summed E-state index contributed by atoms with van der Waals surface area (Å²) < 4.78 is 45.4. The topological polar surface area (TPSA) is 55.4 Å². The van der Waals surface area contributed by atoms with Gasteiger partial charge in [0.05, 0.1) is 12.4 Å². The Bertz CT molecular complexity index is 745. The summed E-state index contributed by atoms with van der Waals surface area (Å²) in [6.45, 7) is 0.370. The molecule has 0 aliphatic rings. The molecule has 0 aliphatic heterocycles. The number of methoxy groups -OCH3 is 1. The normalized spacial score (nSPS) is 11.4. The van der Waals surface area contributed by atoms with Gasteiger partial charge in [0.25, 0.3) is 0 Å². The number of rotatable bonds is 6. The summed E-state index contributed by atoms with van der Waals surface area (Å²) in [5.74, 6) is -1.18. The van der Waals surface area contributed by atoms with Gasteiger partial charge in [-0.25, -0.2) is 12.8 Å². The first-order valence-corrected chi connectivity index (χ1v) is 8.45. The first-order valence-electron chi connectivity index (χ1n) is 6.42. The highest BCUT2D eigenvalue weighted by atomic mass is 35.5. The van der Waals surface area contributed by atoms with Crippen molar-refractivity contribution in [3.8, 4) is 0 Å². The Labute approximate surface area is 133 Å². The number of anilines is 1. The minimum Gasteiger partial charge on any atom is -0.380 e. The third-order valence-corrected chi connectivity index (χ3v) is 4.48. The van der Waals surface area contributed by atoms with Crippen molar-refractivity contribution in [2.75, 3.05) is 11.8 Å². The molecule has 118 valence electrons. The van der Waals surface area contributed by atoms with Crippen LogP contribution in [-0.4, -0.2) is 15.5 Å². The van der Waals surface area contributed by atoms with Crippen LogP contribution in [0.25, 0.3) is 0 Å². The molecule has 22 heavy (non-hydrogen) atoms. The van der Waals surface area contributed by atoms with Gasteiger partial charge in [-0.3, -0.25) is 4.72 Å². The van der Waals surface area contributed by atoms with Crippen LogP contribution in [0.2, 0.25) is 5.02 Å². The van der Waals surface area contributed by atoms with Gasteiger partial charge in [0, 0.05) is 23.4 Å². The van der Waals surface area contributed by atoms with Gasteiger partial charge in [-0.2, -0.15) is 0 Å². The van der Waals surface area contributed by atoms with Gasteiger partial charge in [-0.1, -0.05) is 29.8 Å². The highest BCUT2D eigenvalue weighted by Gasteiger charge is 2.17. The lowest BCUT2D eigenvalue weighted by Crippen LogP contribution is -2.16. The lowest BCUT2D eigenvalue weighted by Gasteiger charge is -2.11. The van der Waals surface area contributed by atoms with Crippen molar-refractivity contribution >= 4 is 27.3 Å². The minimum absolute atomic E-state index is 0.0512. The Kier molecular flexibility index (Phi) is 5.39. The van der Waals surface area contributed by atoms with Gasteiger partial charge in [0.1, 0.15) is 5.82 Å². The monoisotopic (exact) mass is 343 g/mol. The number of benzene rings is 2. The predicted molar refractivity (Wildman–Crippen MR) is 84.8 cm³/mol. The molecule has 0 unspecified atom stereocenters. The molecule has 0 atom stereocenters. The summed E-state index contributed by atoms with van der Waals surface area (Å²) in [5, 5.41) is 0.0820. The van der Waals surface area contributed by atoms with Crippen molar-refractivity contribution < 1.29 is 17.5 Å². The molecule has 0 radical (unpaired) electrons. The van der Waals surface area contributed by atoms with E-state index in [0.29, 0.717) is 12.3 Å². The van der Waals surface area contributed by atoms with Gasteiger partial charge < -0.3 is 4.74 Å². The first-order chi connectivity index (χ1) is 10.4. The molecule has 2 aromatic carbocycles. The van der Waals surface area contributed by atoms with Gasteiger partial charge in [0.15, 0.2) is 0 Å². The van der Waals surface area contributed by atoms with Crippen LogP contribution in [0.4, 0.5) is 10.1 Å². The maximum absolute atomic E-state index is 13.7. The molecule has 0 amide bonds. The first kappa shape index (κ1) is 16.7. The number of halogens is 2. The van der Waals surface area contributed by atoms with Gasteiger partial charge in [-0.15, -0.1) is 0 Å². The molecule has 2 aromatic rings. The number of sulfonamides is 1. The van der Waals surface area contributed by atoms with E-state index in [0.717, 1.165) is 5.56 Å². The number of nitrogens with one attached hydrogen (secondary N) is 1. The molecular weight excluding hydrogens is 329 g/mol. The maximum Gasteiger partial charge on any atom is 0.237 e. The lowest BCUT2D eigenvalue weighted by atomic mass is 10.2. The summed E-state index contributed by atoms with van der Waals surface area (Å²) in [7, 11) is -2.23. The average molecular weight is 344 g/mol. The second-order valence-corrected chi connectivity index (χ2v) is 6.82. The van der Waals surface area contributed by atoms with Crippen molar-refractivity contribution in [2.24, 2.45) is 0 Å². The van der Waals surface area contributed by atoms with Crippen LogP contribution in [0.3, 0.4) is 0 Å². The molecule has 1 N–H and O–H groups in total. The molecule has 0 saturated carbocycles. The zero-order valence-electron chi connectivity index (χ0n) is 11.8. The van der Waals surface area contributed by atoms with Crippen LogP contribution in [0.15, 0.2) is 42.5 Å². The predicted octanol–water partition coefficient (Wildman–Crippen LogP) is 3.57. The number of ether oxygens (including phenoxy) is 1. The molecule has 0 bridgehead atoms. The summed E-state index contributed by atoms with van der Waals surface area (Å²) in [6, 6.07) is 10.8. The van der Waals surface area contributed by atoms with E-state index < -0.39 is 21.6 Å². The Morgan fingerprint density at radius 3 is 2.64 bits per heavy atom. The molecule has 0 saturated heterocycles. The van der Waals surface area contributed by atoms with Crippen LogP contribution < -0.4 is 4.72 Å². The van der Waals surface area contributed by atoms with Crippen LogP contribution in [-0.2, 0) is 27.1 Å². The number of hydrogen-bond donors (Lipinski definition) is 1. The van der Waals surface area contributed by atoms with Crippen LogP contribution in [0.1, 0.15) is 11.1 Å². The fraction of sp³-hybridized carbons (Fsp3) is 0.200. The van der Waals surface area contributed by atoms with Crippen molar-refractivity contribution in [1.29, 1.82) is 0 Å². The molecule has 0 aromatic heterocycles. The Morgan fingerprint density at radius 1 is 1.23 bits per heavy atom. The summed E-state index contributed by atoms with van der Waals surface area (Å²) in [4.78, 5) is 0. The van der Waals surface area contributed by atoms with Crippen LogP contribution >= 0.6 is 11.6 Å².